The van der Waals surface area contributed by atoms with Crippen molar-refractivity contribution < 1.29 is 9.18 Å². The van der Waals surface area contributed by atoms with E-state index in [1.54, 1.807) is 6.07 Å². The number of carbonyl (C=O) groups excluding carboxylic acids is 1. The number of hydrogen-bond donors (Lipinski definition) is 1. The van der Waals surface area contributed by atoms with Crippen molar-refractivity contribution in [3.8, 4) is 0 Å². The van der Waals surface area contributed by atoms with E-state index in [0.717, 1.165) is 6.42 Å². The molecule has 0 saturated carbocycles. The molecule has 1 aromatic carbocycles. The van der Waals surface area contributed by atoms with E-state index in [1.165, 1.54) is 12.1 Å². The van der Waals surface area contributed by atoms with Gasteiger partial charge in [-0.2, -0.15) is 0 Å². The molecule has 1 rings (SSSR count). The minimum Gasteiger partial charge on any atom is -0.352 e. The number of hydrogen-bond acceptors (Lipinski definition) is 1. The zero-order chi connectivity index (χ0) is 12.8. The van der Waals surface area contributed by atoms with E-state index in [2.05, 4.69) is 21.2 Å². The maximum Gasteiger partial charge on any atom is 0.251 e. The predicted molar refractivity (Wildman–Crippen MR) is 70.9 cm³/mol. The lowest BCUT2D eigenvalue weighted by Gasteiger charge is -2.11. The van der Waals surface area contributed by atoms with Gasteiger partial charge in [-0.25, -0.2) is 4.39 Å². The molecule has 1 aromatic rings. The van der Waals surface area contributed by atoms with Gasteiger partial charge in [0.1, 0.15) is 5.82 Å². The maximum atomic E-state index is 13.2. The van der Waals surface area contributed by atoms with Crippen LogP contribution in [0.4, 0.5) is 4.39 Å². The van der Waals surface area contributed by atoms with Gasteiger partial charge in [-0.3, -0.25) is 4.79 Å². The summed E-state index contributed by atoms with van der Waals surface area (Å²) in [5, 5.41) is 2.75. The summed E-state index contributed by atoms with van der Waals surface area (Å²) in [6.45, 7) is 2.55. The molecule has 5 heteroatoms. The third kappa shape index (κ3) is 4.64. The molecule has 0 fully saturated rings. The fourth-order valence-electron chi connectivity index (χ4n) is 1.29. The number of alkyl halides is 1. The number of benzene rings is 1. The lowest BCUT2D eigenvalue weighted by atomic mass is 10.1. The van der Waals surface area contributed by atoms with Crippen LogP contribution in [-0.2, 0) is 0 Å². The van der Waals surface area contributed by atoms with E-state index in [4.69, 9.17) is 11.6 Å². The Morgan fingerprint density at radius 3 is 2.88 bits per heavy atom. The molecule has 1 atom stereocenters. The third-order valence-electron chi connectivity index (χ3n) is 2.39. The van der Waals surface area contributed by atoms with Gasteiger partial charge in [0.25, 0.3) is 5.91 Å². The van der Waals surface area contributed by atoms with Gasteiger partial charge in [0.05, 0.1) is 4.47 Å². The highest BCUT2D eigenvalue weighted by Crippen LogP contribution is 2.16. The molecule has 1 amide bonds. The fraction of sp³-hybridized carbons (Fsp3) is 0.417. The van der Waals surface area contributed by atoms with Crippen molar-refractivity contribution >= 4 is 33.4 Å². The SMILES string of the molecule is CC(CCCl)CNC(=O)c1ccc(Br)c(F)c1. The van der Waals surface area contributed by atoms with Crippen molar-refractivity contribution in [3.63, 3.8) is 0 Å². The van der Waals surface area contributed by atoms with Gasteiger partial charge >= 0.3 is 0 Å². The number of rotatable bonds is 5. The highest BCUT2D eigenvalue weighted by molar-refractivity contribution is 9.10. The monoisotopic (exact) mass is 321 g/mol. The standard InChI is InChI=1S/C12H14BrClFNO/c1-8(4-5-14)7-16-12(17)9-2-3-10(13)11(15)6-9/h2-3,6,8H,4-5,7H2,1H3,(H,16,17). The van der Waals surface area contributed by atoms with Crippen molar-refractivity contribution in [2.45, 2.75) is 13.3 Å². The summed E-state index contributed by atoms with van der Waals surface area (Å²) in [7, 11) is 0. The molecule has 17 heavy (non-hydrogen) atoms. The molecule has 0 spiro atoms. The van der Waals surface area contributed by atoms with Gasteiger partial charge in [-0.05, 0) is 46.5 Å². The molecule has 0 heterocycles. The highest BCUT2D eigenvalue weighted by Gasteiger charge is 2.09. The second-order valence-electron chi connectivity index (χ2n) is 3.92. The molecular formula is C12H14BrClFNO. The van der Waals surface area contributed by atoms with E-state index >= 15 is 0 Å². The van der Waals surface area contributed by atoms with E-state index in [9.17, 15) is 9.18 Å². The summed E-state index contributed by atoms with van der Waals surface area (Å²) in [4.78, 5) is 11.7. The number of nitrogens with one attached hydrogen (secondary N) is 1. The third-order valence-corrected chi connectivity index (χ3v) is 3.26. The highest BCUT2D eigenvalue weighted by atomic mass is 79.9. The minimum absolute atomic E-state index is 0.266. The van der Waals surface area contributed by atoms with Gasteiger partial charge in [0.2, 0.25) is 0 Å². The van der Waals surface area contributed by atoms with E-state index < -0.39 is 5.82 Å². The number of carbonyl (C=O) groups is 1. The lowest BCUT2D eigenvalue weighted by molar-refractivity contribution is 0.0947. The van der Waals surface area contributed by atoms with Crippen molar-refractivity contribution in [1.82, 2.24) is 5.32 Å². The van der Waals surface area contributed by atoms with Crippen LogP contribution < -0.4 is 5.32 Å². The summed E-state index contributed by atoms with van der Waals surface area (Å²) in [5.74, 6) is 0.185. The Morgan fingerprint density at radius 2 is 2.29 bits per heavy atom. The second-order valence-corrected chi connectivity index (χ2v) is 5.15. The Morgan fingerprint density at radius 1 is 1.59 bits per heavy atom. The topological polar surface area (TPSA) is 29.1 Å². The average molecular weight is 323 g/mol. The zero-order valence-corrected chi connectivity index (χ0v) is 11.8. The normalized spacial score (nSPS) is 12.2. The predicted octanol–water partition coefficient (Wildman–Crippen LogP) is 3.58. The summed E-state index contributed by atoms with van der Waals surface area (Å²) in [5.41, 5.74) is 0.323. The molecule has 0 bridgehead atoms. The molecule has 0 aliphatic rings. The van der Waals surface area contributed by atoms with Crippen LogP contribution in [0.3, 0.4) is 0 Å². The van der Waals surface area contributed by atoms with Crippen LogP contribution in [0.5, 0.6) is 0 Å². The Balaban J connectivity index is 2.55. The molecule has 0 saturated heterocycles. The molecule has 0 aliphatic carbocycles. The minimum atomic E-state index is -0.438. The molecule has 1 N–H and O–H groups in total. The van der Waals surface area contributed by atoms with Gasteiger partial charge in [-0.15, -0.1) is 11.6 Å². The summed E-state index contributed by atoms with van der Waals surface area (Å²) < 4.78 is 13.6. The van der Waals surface area contributed by atoms with E-state index in [1.807, 2.05) is 6.92 Å². The molecule has 0 radical (unpaired) electrons. The van der Waals surface area contributed by atoms with Crippen LogP contribution in [-0.4, -0.2) is 18.3 Å². The van der Waals surface area contributed by atoms with Crippen LogP contribution in [0.15, 0.2) is 22.7 Å². The number of amides is 1. The molecular weight excluding hydrogens is 308 g/mol. The van der Waals surface area contributed by atoms with Gasteiger partial charge in [-0.1, -0.05) is 6.92 Å². The molecule has 2 nitrogen and oxygen atoms in total. The Labute approximate surface area is 114 Å². The van der Waals surface area contributed by atoms with Crippen molar-refractivity contribution in [2.75, 3.05) is 12.4 Å². The largest absolute Gasteiger partial charge is 0.352 e. The van der Waals surface area contributed by atoms with Crippen LogP contribution >= 0.6 is 27.5 Å². The van der Waals surface area contributed by atoms with Crippen molar-refractivity contribution in [2.24, 2.45) is 5.92 Å². The van der Waals surface area contributed by atoms with Gasteiger partial charge in [0, 0.05) is 18.0 Å². The zero-order valence-electron chi connectivity index (χ0n) is 9.47. The van der Waals surface area contributed by atoms with Crippen molar-refractivity contribution in [1.29, 1.82) is 0 Å². The van der Waals surface area contributed by atoms with Crippen LogP contribution in [0, 0.1) is 11.7 Å². The maximum absolute atomic E-state index is 13.2. The summed E-state index contributed by atoms with van der Waals surface area (Å²) >= 11 is 8.64. The molecule has 0 aliphatic heterocycles. The first-order valence-electron chi connectivity index (χ1n) is 5.33. The molecule has 1 unspecified atom stereocenters. The van der Waals surface area contributed by atoms with Crippen LogP contribution in [0.1, 0.15) is 23.7 Å². The molecule has 0 aromatic heterocycles. The fourth-order valence-corrected chi connectivity index (χ4v) is 1.91. The number of halogens is 3. The van der Waals surface area contributed by atoms with Crippen LogP contribution in [0.2, 0.25) is 0 Å². The Hall–Kier alpha value is -0.610. The quantitative estimate of drug-likeness (QED) is 0.825. The Bertz CT molecular complexity index is 400. The van der Waals surface area contributed by atoms with Gasteiger partial charge < -0.3 is 5.32 Å². The Kier molecular flexibility index (Phi) is 5.92. The summed E-state index contributed by atoms with van der Waals surface area (Å²) in [6.07, 6.45) is 0.844. The first kappa shape index (κ1) is 14.5. The van der Waals surface area contributed by atoms with Crippen LogP contribution in [0.25, 0.3) is 0 Å². The first-order chi connectivity index (χ1) is 8.04. The second kappa shape index (κ2) is 6.97. The van der Waals surface area contributed by atoms with Gasteiger partial charge in [0.15, 0.2) is 0 Å². The van der Waals surface area contributed by atoms with E-state index in [0.29, 0.717) is 28.4 Å². The first-order valence-corrected chi connectivity index (χ1v) is 6.66. The molecule has 94 valence electrons. The average Bonchev–Trinajstić information content (AvgIpc) is 2.30. The van der Waals surface area contributed by atoms with Crippen molar-refractivity contribution in [3.05, 3.63) is 34.1 Å². The smallest absolute Gasteiger partial charge is 0.251 e. The lowest BCUT2D eigenvalue weighted by Crippen LogP contribution is -2.28. The summed E-state index contributed by atoms with van der Waals surface area (Å²) in [6, 6.07) is 4.31. The van der Waals surface area contributed by atoms with E-state index in [-0.39, 0.29) is 5.91 Å².